The molecule has 3 aromatic rings. The lowest BCUT2D eigenvalue weighted by molar-refractivity contribution is -0.140. The van der Waals surface area contributed by atoms with Crippen molar-refractivity contribution in [1.82, 2.24) is 4.90 Å². The molecule has 0 aliphatic carbocycles. The van der Waals surface area contributed by atoms with E-state index in [9.17, 15) is 26.7 Å². The Morgan fingerprint density at radius 2 is 1.79 bits per heavy atom. The van der Waals surface area contributed by atoms with Crippen LogP contribution in [0.1, 0.15) is 40.8 Å². The van der Waals surface area contributed by atoms with E-state index in [1.54, 1.807) is 18.2 Å². The number of alkyl halides is 3. The Morgan fingerprint density at radius 3 is 2.47 bits per heavy atom. The molecule has 1 heterocycles. The molecular formula is C26H23F5N2O. The van der Waals surface area contributed by atoms with Crippen LogP contribution in [0.25, 0.3) is 0 Å². The predicted octanol–water partition coefficient (Wildman–Crippen LogP) is 6.28. The molecule has 0 aromatic heterocycles. The van der Waals surface area contributed by atoms with Crippen molar-refractivity contribution in [2.75, 3.05) is 11.9 Å². The van der Waals surface area contributed by atoms with Gasteiger partial charge in [0.05, 0.1) is 12.0 Å². The van der Waals surface area contributed by atoms with Crippen molar-refractivity contribution in [2.24, 2.45) is 0 Å². The van der Waals surface area contributed by atoms with Gasteiger partial charge in [0.25, 0.3) is 0 Å². The summed E-state index contributed by atoms with van der Waals surface area (Å²) < 4.78 is 65.3. The largest absolute Gasteiger partial charge is 0.419 e. The van der Waals surface area contributed by atoms with Crippen LogP contribution in [0.5, 0.6) is 0 Å². The van der Waals surface area contributed by atoms with E-state index in [0.29, 0.717) is 24.7 Å². The van der Waals surface area contributed by atoms with E-state index in [0.717, 1.165) is 35.4 Å². The third-order valence-electron chi connectivity index (χ3n) is 6.17. The highest BCUT2D eigenvalue weighted by Gasteiger charge is 2.34. The van der Waals surface area contributed by atoms with Gasteiger partial charge >= 0.3 is 6.18 Å². The van der Waals surface area contributed by atoms with Gasteiger partial charge < -0.3 is 5.32 Å². The second kappa shape index (κ2) is 9.54. The Morgan fingerprint density at radius 1 is 1.06 bits per heavy atom. The molecule has 0 spiro atoms. The van der Waals surface area contributed by atoms with Crippen LogP contribution in [0.3, 0.4) is 0 Å². The lowest BCUT2D eigenvalue weighted by Gasteiger charge is -2.34. The molecule has 34 heavy (non-hydrogen) atoms. The lowest BCUT2D eigenvalue weighted by Crippen LogP contribution is -2.33. The predicted molar refractivity (Wildman–Crippen MR) is 119 cm³/mol. The van der Waals surface area contributed by atoms with Gasteiger partial charge in [-0.15, -0.1) is 0 Å². The summed E-state index contributed by atoms with van der Waals surface area (Å²) in [5.74, 6) is -2.11. The van der Waals surface area contributed by atoms with Crippen LogP contribution in [0.2, 0.25) is 0 Å². The van der Waals surface area contributed by atoms with Gasteiger partial charge in [-0.25, -0.2) is 8.78 Å². The molecule has 1 amide bonds. The van der Waals surface area contributed by atoms with Gasteiger partial charge in [-0.05, 0) is 65.9 Å². The van der Waals surface area contributed by atoms with Gasteiger partial charge in [0.2, 0.25) is 5.91 Å². The molecule has 0 saturated heterocycles. The average molecular weight is 474 g/mol. The minimum Gasteiger partial charge on any atom is -0.326 e. The Hall–Kier alpha value is -3.26. The normalized spacial score (nSPS) is 15.0. The van der Waals surface area contributed by atoms with Gasteiger partial charge in [0, 0.05) is 24.8 Å². The minimum absolute atomic E-state index is 0.0848. The first-order chi connectivity index (χ1) is 16.1. The molecule has 1 atom stereocenters. The number of hydrogen-bond acceptors (Lipinski definition) is 2. The topological polar surface area (TPSA) is 32.3 Å². The Balaban J connectivity index is 1.44. The number of amides is 1. The van der Waals surface area contributed by atoms with E-state index in [-0.39, 0.29) is 23.8 Å². The van der Waals surface area contributed by atoms with Crippen LogP contribution in [0.4, 0.5) is 27.6 Å². The van der Waals surface area contributed by atoms with E-state index < -0.39 is 23.5 Å². The summed E-state index contributed by atoms with van der Waals surface area (Å²) >= 11 is 0. The standard InChI is InChI=1S/C26H23F5N2O/c1-16(18-6-8-20(27)9-7-18)33-12-11-21-19(15-33)3-2-4-24(21)32-25(34)14-17-5-10-22(23(28)13-17)26(29,30)31/h2-10,13,16H,11-12,14-15H2,1H3,(H,32,34). The number of rotatable bonds is 5. The number of halogens is 5. The number of carbonyl (C=O) groups is 1. The molecule has 0 fully saturated rings. The van der Waals surface area contributed by atoms with E-state index in [2.05, 4.69) is 17.1 Å². The third-order valence-corrected chi connectivity index (χ3v) is 6.17. The number of hydrogen-bond donors (Lipinski definition) is 1. The summed E-state index contributed by atoms with van der Waals surface area (Å²) in [6.07, 6.45) is -4.34. The lowest BCUT2D eigenvalue weighted by atomic mass is 9.95. The molecule has 1 aliphatic rings. The summed E-state index contributed by atoms with van der Waals surface area (Å²) in [4.78, 5) is 14.8. The molecule has 4 rings (SSSR count). The number of nitrogens with zero attached hydrogens (tertiary/aromatic N) is 1. The molecule has 178 valence electrons. The third kappa shape index (κ3) is 5.28. The zero-order chi connectivity index (χ0) is 24.5. The van der Waals surface area contributed by atoms with E-state index >= 15 is 0 Å². The Labute approximate surface area is 194 Å². The summed E-state index contributed by atoms with van der Waals surface area (Å²) in [7, 11) is 0. The van der Waals surface area contributed by atoms with E-state index in [4.69, 9.17) is 0 Å². The molecule has 0 bridgehead atoms. The van der Waals surface area contributed by atoms with Crippen molar-refractivity contribution >= 4 is 11.6 Å². The van der Waals surface area contributed by atoms with Crippen molar-refractivity contribution in [1.29, 1.82) is 0 Å². The highest BCUT2D eigenvalue weighted by Crippen LogP contribution is 2.33. The molecule has 1 unspecified atom stereocenters. The van der Waals surface area contributed by atoms with Crippen molar-refractivity contribution in [3.8, 4) is 0 Å². The first-order valence-electron chi connectivity index (χ1n) is 10.9. The minimum atomic E-state index is -4.78. The maximum Gasteiger partial charge on any atom is 0.419 e. The smallest absolute Gasteiger partial charge is 0.326 e. The van der Waals surface area contributed by atoms with Crippen LogP contribution in [0.15, 0.2) is 60.7 Å². The van der Waals surface area contributed by atoms with Gasteiger partial charge in [-0.2, -0.15) is 13.2 Å². The zero-order valence-corrected chi connectivity index (χ0v) is 18.4. The number of fused-ring (bicyclic) bond motifs is 1. The Kier molecular flexibility index (Phi) is 6.70. The molecular weight excluding hydrogens is 451 g/mol. The molecule has 8 heteroatoms. The molecule has 1 aliphatic heterocycles. The van der Waals surface area contributed by atoms with Crippen LogP contribution in [-0.4, -0.2) is 17.4 Å². The monoisotopic (exact) mass is 474 g/mol. The fraction of sp³-hybridized carbons (Fsp3) is 0.269. The number of anilines is 1. The molecule has 0 radical (unpaired) electrons. The summed E-state index contributed by atoms with van der Waals surface area (Å²) in [5.41, 5.74) is 2.51. The highest BCUT2D eigenvalue weighted by molar-refractivity contribution is 5.93. The summed E-state index contributed by atoms with van der Waals surface area (Å²) in [6, 6.07) is 14.6. The van der Waals surface area contributed by atoms with Gasteiger partial charge in [-0.3, -0.25) is 9.69 Å². The number of benzene rings is 3. The fourth-order valence-electron chi connectivity index (χ4n) is 4.31. The van der Waals surface area contributed by atoms with E-state index in [1.165, 1.54) is 12.1 Å². The first kappa shape index (κ1) is 23.9. The maximum absolute atomic E-state index is 13.8. The van der Waals surface area contributed by atoms with E-state index in [1.807, 2.05) is 12.1 Å². The fourth-order valence-corrected chi connectivity index (χ4v) is 4.31. The summed E-state index contributed by atoms with van der Waals surface area (Å²) in [5, 5.41) is 2.82. The number of carbonyl (C=O) groups excluding carboxylic acids is 1. The highest BCUT2D eigenvalue weighted by atomic mass is 19.4. The SMILES string of the molecule is CC(c1ccc(F)cc1)N1CCc2c(cccc2NC(=O)Cc2ccc(C(F)(F)F)c(F)c2)C1. The van der Waals surface area contributed by atoms with Gasteiger partial charge in [0.1, 0.15) is 11.6 Å². The summed E-state index contributed by atoms with van der Waals surface area (Å²) in [6.45, 7) is 3.46. The van der Waals surface area contributed by atoms with Crippen molar-refractivity contribution in [3.63, 3.8) is 0 Å². The van der Waals surface area contributed by atoms with Crippen LogP contribution in [0, 0.1) is 11.6 Å². The van der Waals surface area contributed by atoms with Crippen LogP contribution in [-0.2, 0) is 30.4 Å². The van der Waals surface area contributed by atoms with Crippen LogP contribution >= 0.6 is 0 Å². The molecule has 3 nitrogen and oxygen atoms in total. The maximum atomic E-state index is 13.8. The van der Waals surface area contributed by atoms with Crippen molar-refractivity contribution in [2.45, 2.75) is 38.5 Å². The average Bonchev–Trinajstić information content (AvgIpc) is 2.78. The number of nitrogens with one attached hydrogen (secondary N) is 1. The second-order valence-corrected chi connectivity index (χ2v) is 8.43. The Bertz CT molecular complexity index is 1190. The quantitative estimate of drug-likeness (QED) is 0.441. The first-order valence-corrected chi connectivity index (χ1v) is 10.9. The van der Waals surface area contributed by atoms with Gasteiger partial charge in [0.15, 0.2) is 0 Å². The zero-order valence-electron chi connectivity index (χ0n) is 18.4. The molecule has 1 N–H and O–H groups in total. The second-order valence-electron chi connectivity index (χ2n) is 8.43. The van der Waals surface area contributed by atoms with Crippen LogP contribution < -0.4 is 5.32 Å². The van der Waals surface area contributed by atoms with Gasteiger partial charge in [-0.1, -0.05) is 30.3 Å². The van der Waals surface area contributed by atoms with Crippen molar-refractivity contribution < 1.29 is 26.7 Å². The molecule has 3 aromatic carbocycles. The van der Waals surface area contributed by atoms with Crippen molar-refractivity contribution in [3.05, 3.63) is 100 Å². The molecule has 0 saturated carbocycles.